The van der Waals surface area contributed by atoms with Gasteiger partial charge in [0.1, 0.15) is 10.8 Å². The third-order valence-corrected chi connectivity index (χ3v) is 5.60. The summed E-state index contributed by atoms with van der Waals surface area (Å²) >= 11 is 2.83. The zero-order chi connectivity index (χ0) is 19.8. The molecule has 1 unspecified atom stereocenters. The minimum Gasteiger partial charge on any atom is -0.384 e. The molecule has 3 heterocycles. The molecule has 5 nitrogen and oxygen atoms in total. The first-order valence-corrected chi connectivity index (χ1v) is 10.1. The van der Waals surface area contributed by atoms with E-state index in [2.05, 4.69) is 15.0 Å². The molecule has 0 fully saturated rings. The number of nitrogen functional groups attached to an aromatic ring is 1. The number of aromatic nitrogens is 4. The molecule has 0 aliphatic heterocycles. The molecule has 1 atom stereocenters. The number of hydrogen-bond acceptors (Lipinski definition) is 6. The largest absolute Gasteiger partial charge is 0.393 e. The zero-order valence-electron chi connectivity index (χ0n) is 14.9. The molecule has 3 aromatic heterocycles. The van der Waals surface area contributed by atoms with Crippen LogP contribution in [0.3, 0.4) is 0 Å². The SMILES string of the molecule is CSc1cc(N)nc(SC(C)c2cc3c(CC(F)(F)F)cn(C)c3cn2)n1. The fraction of sp³-hybridized carbons (Fsp3) is 0.353. The first-order valence-electron chi connectivity index (χ1n) is 8.02. The Morgan fingerprint density at radius 2 is 2.00 bits per heavy atom. The molecule has 0 amide bonds. The Morgan fingerprint density at radius 1 is 1.26 bits per heavy atom. The quantitative estimate of drug-likeness (QED) is 0.374. The van der Waals surface area contributed by atoms with E-state index in [0.29, 0.717) is 27.6 Å². The number of halogens is 3. The lowest BCUT2D eigenvalue weighted by molar-refractivity contribution is -0.127. The zero-order valence-corrected chi connectivity index (χ0v) is 16.5. The summed E-state index contributed by atoms with van der Waals surface area (Å²) < 4.78 is 40.3. The Bertz CT molecular complexity index is 971. The summed E-state index contributed by atoms with van der Waals surface area (Å²) in [5.41, 5.74) is 7.38. The molecule has 2 N–H and O–H groups in total. The van der Waals surface area contributed by atoms with Crippen LogP contribution in [0.2, 0.25) is 0 Å². The standard InChI is InChI=1S/C17H18F3N5S2/c1-9(27-16-23-14(21)5-15(24-16)26-3)12-4-11-10(6-17(18,19)20)8-25(2)13(11)7-22-12/h4-5,7-9H,6H2,1-3H3,(H2,21,23,24). The Labute approximate surface area is 163 Å². The van der Waals surface area contributed by atoms with Gasteiger partial charge < -0.3 is 10.3 Å². The number of aryl methyl sites for hydroxylation is 1. The summed E-state index contributed by atoms with van der Waals surface area (Å²) in [6.45, 7) is 1.91. The van der Waals surface area contributed by atoms with Crippen LogP contribution in [-0.2, 0) is 13.5 Å². The van der Waals surface area contributed by atoms with Crippen LogP contribution >= 0.6 is 23.5 Å². The van der Waals surface area contributed by atoms with Crippen molar-refractivity contribution in [2.75, 3.05) is 12.0 Å². The van der Waals surface area contributed by atoms with Crippen LogP contribution in [0, 0.1) is 0 Å². The summed E-state index contributed by atoms with van der Waals surface area (Å²) in [4.78, 5) is 13.0. The number of fused-ring (bicyclic) bond motifs is 1. The summed E-state index contributed by atoms with van der Waals surface area (Å²) in [5.74, 6) is 0.378. The molecule has 10 heteroatoms. The highest BCUT2D eigenvalue weighted by molar-refractivity contribution is 7.99. The topological polar surface area (TPSA) is 69.6 Å². The van der Waals surface area contributed by atoms with E-state index in [1.807, 2.05) is 13.2 Å². The number of pyridine rings is 1. The first kappa shape index (κ1) is 19.8. The maximum absolute atomic E-state index is 12.9. The van der Waals surface area contributed by atoms with E-state index in [9.17, 15) is 13.2 Å². The monoisotopic (exact) mass is 413 g/mol. The lowest BCUT2D eigenvalue weighted by atomic mass is 10.1. The van der Waals surface area contributed by atoms with Crippen LogP contribution in [0.1, 0.15) is 23.4 Å². The third-order valence-electron chi connectivity index (χ3n) is 3.98. The third kappa shape index (κ3) is 4.67. The van der Waals surface area contributed by atoms with Crippen molar-refractivity contribution < 1.29 is 13.2 Å². The van der Waals surface area contributed by atoms with Crippen molar-refractivity contribution >= 4 is 40.2 Å². The smallest absolute Gasteiger partial charge is 0.384 e. The second-order valence-corrected chi connectivity index (χ2v) is 8.20. The molecule has 0 spiro atoms. The van der Waals surface area contributed by atoms with Crippen LogP contribution in [-0.4, -0.2) is 32.0 Å². The Balaban J connectivity index is 1.92. The van der Waals surface area contributed by atoms with Crippen molar-refractivity contribution in [3.05, 3.63) is 35.8 Å². The number of nitrogens with zero attached hydrogens (tertiary/aromatic N) is 4. The molecule has 0 radical (unpaired) electrons. The van der Waals surface area contributed by atoms with Crippen LogP contribution in [0.4, 0.5) is 19.0 Å². The summed E-state index contributed by atoms with van der Waals surface area (Å²) in [6.07, 6.45) is -0.221. The first-order chi connectivity index (χ1) is 12.7. The molecular weight excluding hydrogens is 395 g/mol. The minimum absolute atomic E-state index is 0.148. The van der Waals surface area contributed by atoms with Crippen LogP contribution in [0.15, 0.2) is 34.7 Å². The number of hydrogen-bond donors (Lipinski definition) is 1. The number of alkyl halides is 3. The highest BCUT2D eigenvalue weighted by Crippen LogP contribution is 2.35. The molecule has 144 valence electrons. The van der Waals surface area contributed by atoms with Gasteiger partial charge in [-0.1, -0.05) is 11.8 Å². The molecule has 0 saturated carbocycles. The van der Waals surface area contributed by atoms with Gasteiger partial charge in [0.25, 0.3) is 0 Å². The normalized spacial score (nSPS) is 13.3. The van der Waals surface area contributed by atoms with E-state index in [0.717, 1.165) is 5.03 Å². The predicted octanol–water partition coefficient (Wildman–Crippen LogP) is 4.63. The van der Waals surface area contributed by atoms with E-state index in [1.54, 1.807) is 29.9 Å². The van der Waals surface area contributed by atoms with Gasteiger partial charge in [-0.25, -0.2) is 9.97 Å². The molecule has 0 saturated heterocycles. The number of anilines is 1. The highest BCUT2D eigenvalue weighted by atomic mass is 32.2. The predicted molar refractivity (Wildman–Crippen MR) is 103 cm³/mol. The molecular formula is C17H18F3N5S2. The molecule has 3 aromatic rings. The number of nitrogens with two attached hydrogens (primary N) is 1. The highest BCUT2D eigenvalue weighted by Gasteiger charge is 2.29. The van der Waals surface area contributed by atoms with E-state index < -0.39 is 12.6 Å². The second kappa shape index (κ2) is 7.59. The van der Waals surface area contributed by atoms with Crippen molar-refractivity contribution in [2.45, 2.75) is 35.0 Å². The number of thioether (sulfide) groups is 2. The molecule has 0 aliphatic carbocycles. The molecule has 3 rings (SSSR count). The second-order valence-electron chi connectivity index (χ2n) is 6.06. The van der Waals surface area contributed by atoms with Gasteiger partial charge in [-0.15, -0.1) is 11.8 Å². The van der Waals surface area contributed by atoms with Gasteiger partial charge in [0.15, 0.2) is 5.16 Å². The van der Waals surface area contributed by atoms with Gasteiger partial charge in [0.2, 0.25) is 0 Å². The molecule has 0 aliphatic rings. The Morgan fingerprint density at radius 3 is 2.67 bits per heavy atom. The minimum atomic E-state index is -4.26. The fourth-order valence-electron chi connectivity index (χ4n) is 2.75. The molecule has 0 bridgehead atoms. The summed E-state index contributed by atoms with van der Waals surface area (Å²) in [7, 11) is 1.71. The summed E-state index contributed by atoms with van der Waals surface area (Å²) in [5, 5.41) is 1.68. The average molecular weight is 413 g/mol. The lowest BCUT2D eigenvalue weighted by Crippen LogP contribution is -2.11. The van der Waals surface area contributed by atoms with E-state index in [-0.39, 0.29) is 10.8 Å². The van der Waals surface area contributed by atoms with Gasteiger partial charge in [-0.3, -0.25) is 4.98 Å². The fourth-order valence-corrected chi connectivity index (χ4v) is 4.10. The van der Waals surface area contributed by atoms with Crippen molar-refractivity contribution in [2.24, 2.45) is 7.05 Å². The average Bonchev–Trinajstić information content (AvgIpc) is 2.87. The van der Waals surface area contributed by atoms with Gasteiger partial charge >= 0.3 is 6.18 Å². The maximum atomic E-state index is 12.9. The van der Waals surface area contributed by atoms with Gasteiger partial charge in [0.05, 0.1) is 29.1 Å². The van der Waals surface area contributed by atoms with E-state index in [4.69, 9.17) is 5.73 Å². The van der Waals surface area contributed by atoms with Crippen molar-refractivity contribution in [3.8, 4) is 0 Å². The van der Waals surface area contributed by atoms with Crippen molar-refractivity contribution in [1.82, 2.24) is 19.5 Å². The van der Waals surface area contributed by atoms with Crippen molar-refractivity contribution in [3.63, 3.8) is 0 Å². The molecule has 27 heavy (non-hydrogen) atoms. The van der Waals surface area contributed by atoms with Crippen LogP contribution < -0.4 is 5.73 Å². The van der Waals surface area contributed by atoms with Gasteiger partial charge in [-0.2, -0.15) is 13.2 Å². The summed E-state index contributed by atoms with van der Waals surface area (Å²) in [6, 6.07) is 3.41. The Kier molecular flexibility index (Phi) is 5.57. The van der Waals surface area contributed by atoms with Crippen molar-refractivity contribution in [1.29, 1.82) is 0 Å². The van der Waals surface area contributed by atoms with Gasteiger partial charge in [-0.05, 0) is 24.8 Å². The molecule has 0 aromatic carbocycles. The van der Waals surface area contributed by atoms with E-state index >= 15 is 0 Å². The lowest BCUT2D eigenvalue weighted by Gasteiger charge is -2.11. The van der Waals surface area contributed by atoms with Crippen LogP contribution in [0.25, 0.3) is 10.9 Å². The van der Waals surface area contributed by atoms with E-state index in [1.165, 1.54) is 29.7 Å². The van der Waals surface area contributed by atoms with Gasteiger partial charge in [0, 0.05) is 24.7 Å². The Hall–Kier alpha value is -1.94. The van der Waals surface area contributed by atoms with Crippen LogP contribution in [0.5, 0.6) is 0 Å². The maximum Gasteiger partial charge on any atom is 0.393 e. The number of rotatable bonds is 5.